The summed E-state index contributed by atoms with van der Waals surface area (Å²) in [6.45, 7) is 6.78. The highest BCUT2D eigenvalue weighted by atomic mass is 32.2. The zero-order valence-electron chi connectivity index (χ0n) is 21.6. The van der Waals surface area contributed by atoms with Gasteiger partial charge in [-0.05, 0) is 36.2 Å². The van der Waals surface area contributed by atoms with E-state index in [0.717, 1.165) is 35.0 Å². The number of aromatic hydroxyl groups is 1. The van der Waals surface area contributed by atoms with Crippen molar-refractivity contribution >= 4 is 33.0 Å². The summed E-state index contributed by atoms with van der Waals surface area (Å²) >= 11 is 0. The van der Waals surface area contributed by atoms with Gasteiger partial charge >= 0.3 is 0 Å². The lowest BCUT2D eigenvalue weighted by Crippen LogP contribution is -2.35. The van der Waals surface area contributed by atoms with Crippen molar-refractivity contribution in [2.45, 2.75) is 32.2 Å². The molecule has 3 aromatic rings. The van der Waals surface area contributed by atoms with E-state index in [1.807, 2.05) is 4.90 Å². The molecule has 11 heteroatoms. The van der Waals surface area contributed by atoms with Crippen LogP contribution in [0.2, 0.25) is 0 Å². The first-order chi connectivity index (χ1) is 17.5. The quantitative estimate of drug-likeness (QED) is 0.482. The maximum atomic E-state index is 12.4. The Labute approximate surface area is 218 Å². The first kappa shape index (κ1) is 25.2. The van der Waals surface area contributed by atoms with Gasteiger partial charge in [0.1, 0.15) is 12.1 Å². The van der Waals surface area contributed by atoms with Crippen molar-refractivity contribution in [3.05, 3.63) is 59.7 Å². The number of sulfonamides is 1. The van der Waals surface area contributed by atoms with Gasteiger partial charge in [-0.15, -0.1) is 0 Å². The lowest BCUT2D eigenvalue weighted by molar-refractivity contribution is 0.469. The molecular weight excluding hydrogens is 490 g/mol. The molecule has 37 heavy (non-hydrogen) atoms. The molecule has 0 amide bonds. The molecule has 0 fully saturated rings. The third kappa shape index (κ3) is 4.93. The summed E-state index contributed by atoms with van der Waals surface area (Å²) in [4.78, 5) is 17.5. The molecular formula is C26H33N7O3S. The first-order valence-electron chi connectivity index (χ1n) is 12.3. The number of anilines is 4. The Bertz CT molecular complexity index is 1430. The van der Waals surface area contributed by atoms with E-state index in [-0.39, 0.29) is 16.9 Å². The van der Waals surface area contributed by atoms with Crippen LogP contribution in [0.25, 0.3) is 0 Å². The van der Waals surface area contributed by atoms with Crippen LogP contribution in [0.5, 0.6) is 5.75 Å². The van der Waals surface area contributed by atoms with E-state index >= 15 is 0 Å². The van der Waals surface area contributed by atoms with E-state index in [1.165, 1.54) is 9.87 Å². The second kappa shape index (κ2) is 9.46. The minimum absolute atomic E-state index is 0.0644. The molecule has 0 aliphatic carbocycles. The van der Waals surface area contributed by atoms with Gasteiger partial charge in [-0.25, -0.2) is 27.7 Å². The van der Waals surface area contributed by atoms with E-state index in [2.05, 4.69) is 57.2 Å². The number of rotatable bonds is 7. The predicted octanol–water partition coefficient (Wildman–Crippen LogP) is 2.87. The summed E-state index contributed by atoms with van der Waals surface area (Å²) in [5, 5.41) is 13.7. The van der Waals surface area contributed by atoms with Crippen LogP contribution in [0.1, 0.15) is 30.7 Å². The number of benzene rings is 1. The number of fused-ring (bicyclic) bond motifs is 2. The van der Waals surface area contributed by atoms with Crippen molar-refractivity contribution in [1.29, 1.82) is 0 Å². The highest BCUT2D eigenvalue weighted by molar-refractivity contribution is 7.89. The Morgan fingerprint density at radius 3 is 2.73 bits per heavy atom. The van der Waals surface area contributed by atoms with Gasteiger partial charge in [0.15, 0.2) is 11.6 Å². The Hall–Kier alpha value is -3.44. The third-order valence-corrected chi connectivity index (χ3v) is 8.98. The zero-order valence-corrected chi connectivity index (χ0v) is 22.5. The molecule has 0 bridgehead atoms. The molecule has 196 valence electrons. The fourth-order valence-corrected chi connectivity index (χ4v) is 5.93. The van der Waals surface area contributed by atoms with Gasteiger partial charge in [-0.3, -0.25) is 0 Å². The zero-order chi connectivity index (χ0) is 26.4. The molecule has 0 radical (unpaired) electrons. The normalized spacial score (nSPS) is 16.6. The summed E-state index contributed by atoms with van der Waals surface area (Å²) in [6, 6.07) is 9.61. The van der Waals surface area contributed by atoms with E-state index in [9.17, 15) is 13.5 Å². The molecule has 2 aliphatic rings. The van der Waals surface area contributed by atoms with Crippen LogP contribution in [0.15, 0.2) is 42.9 Å². The highest BCUT2D eigenvalue weighted by Gasteiger charge is 2.35. The van der Waals surface area contributed by atoms with Crippen LogP contribution in [-0.2, 0) is 28.4 Å². The molecule has 2 aliphatic heterocycles. The number of nitrogens with zero attached hydrogens (tertiary/aromatic N) is 6. The molecule has 0 spiro atoms. The van der Waals surface area contributed by atoms with Crippen LogP contribution >= 0.6 is 0 Å². The van der Waals surface area contributed by atoms with E-state index < -0.39 is 10.0 Å². The Kier molecular flexibility index (Phi) is 6.45. The summed E-state index contributed by atoms with van der Waals surface area (Å²) in [5.41, 5.74) is 5.00. The minimum Gasteiger partial charge on any atom is -0.504 e. The molecule has 4 heterocycles. The van der Waals surface area contributed by atoms with E-state index in [0.29, 0.717) is 31.9 Å². The lowest BCUT2D eigenvalue weighted by Gasteiger charge is -2.30. The topological polar surface area (TPSA) is 115 Å². The van der Waals surface area contributed by atoms with Crippen LogP contribution in [0.4, 0.5) is 23.0 Å². The standard InChI is InChI=1S/C26H33N7O3S/c1-26(2)16-33(12-13-37(35,36)31(3)4)22-14-18(7-8-20(22)26)30-24-19-9-11-32(15-21(19)28-17-29-24)25-23(34)6-5-10-27-25/h5-8,10,14,17,34H,9,11-13,15-16H2,1-4H3,(H,28,29,30). The maximum absolute atomic E-state index is 12.4. The number of aromatic nitrogens is 3. The number of hydrogen-bond donors (Lipinski definition) is 2. The van der Waals surface area contributed by atoms with Gasteiger partial charge in [0.25, 0.3) is 0 Å². The van der Waals surface area contributed by atoms with Crippen molar-refractivity contribution < 1.29 is 13.5 Å². The fraction of sp³-hybridized carbons (Fsp3) is 0.423. The molecule has 0 unspecified atom stereocenters. The van der Waals surface area contributed by atoms with Crippen molar-refractivity contribution in [3.8, 4) is 5.75 Å². The monoisotopic (exact) mass is 523 g/mol. The largest absolute Gasteiger partial charge is 0.504 e. The van der Waals surface area contributed by atoms with E-state index in [1.54, 1.807) is 38.8 Å². The van der Waals surface area contributed by atoms with E-state index in [4.69, 9.17) is 0 Å². The average Bonchev–Trinajstić information content (AvgIpc) is 3.12. The van der Waals surface area contributed by atoms with Crippen molar-refractivity contribution in [1.82, 2.24) is 19.3 Å². The van der Waals surface area contributed by atoms with Crippen LogP contribution < -0.4 is 15.1 Å². The second-order valence-corrected chi connectivity index (χ2v) is 12.7. The Morgan fingerprint density at radius 1 is 1.16 bits per heavy atom. The molecule has 0 saturated carbocycles. The molecule has 2 N–H and O–H groups in total. The van der Waals surface area contributed by atoms with Gasteiger partial charge in [0.2, 0.25) is 10.0 Å². The number of nitrogens with one attached hydrogen (secondary N) is 1. The third-order valence-electron chi connectivity index (χ3n) is 7.16. The van der Waals surface area contributed by atoms with Crippen LogP contribution in [0, 0.1) is 0 Å². The molecule has 5 rings (SSSR count). The molecule has 0 atom stereocenters. The van der Waals surface area contributed by atoms with Gasteiger partial charge in [-0.2, -0.15) is 0 Å². The number of pyridine rings is 1. The van der Waals surface area contributed by atoms with Crippen LogP contribution in [-0.4, -0.2) is 72.3 Å². The second-order valence-electron chi connectivity index (χ2n) is 10.4. The number of hydrogen-bond acceptors (Lipinski definition) is 9. The molecule has 1 aromatic carbocycles. The summed E-state index contributed by atoms with van der Waals surface area (Å²) < 4.78 is 26.1. The van der Waals surface area contributed by atoms with Gasteiger partial charge in [0, 0.05) is 62.3 Å². The average molecular weight is 524 g/mol. The fourth-order valence-electron chi connectivity index (χ4n) is 5.11. The van der Waals surface area contributed by atoms with Gasteiger partial charge in [-0.1, -0.05) is 19.9 Å². The Morgan fingerprint density at radius 2 is 1.97 bits per heavy atom. The SMILES string of the molecule is CN(C)S(=O)(=O)CCN1CC(C)(C)c2ccc(Nc3ncnc4c3CCN(c3ncccc3O)C4)cc21. The van der Waals surface area contributed by atoms with Crippen molar-refractivity contribution in [3.63, 3.8) is 0 Å². The van der Waals surface area contributed by atoms with Crippen molar-refractivity contribution in [2.75, 3.05) is 54.6 Å². The Balaban J connectivity index is 1.38. The summed E-state index contributed by atoms with van der Waals surface area (Å²) in [7, 11) is -0.148. The van der Waals surface area contributed by atoms with Crippen molar-refractivity contribution in [2.24, 2.45) is 0 Å². The summed E-state index contributed by atoms with van der Waals surface area (Å²) in [6.07, 6.45) is 3.94. The lowest BCUT2D eigenvalue weighted by atomic mass is 9.87. The predicted molar refractivity (Wildman–Crippen MR) is 145 cm³/mol. The highest BCUT2D eigenvalue weighted by Crippen LogP contribution is 2.42. The maximum Gasteiger partial charge on any atom is 0.215 e. The summed E-state index contributed by atoms with van der Waals surface area (Å²) in [5.74, 6) is 1.53. The molecule has 0 saturated heterocycles. The van der Waals surface area contributed by atoms with Gasteiger partial charge < -0.3 is 20.2 Å². The van der Waals surface area contributed by atoms with Gasteiger partial charge in [0.05, 0.1) is 18.0 Å². The minimum atomic E-state index is -3.29. The molecule has 2 aromatic heterocycles. The smallest absolute Gasteiger partial charge is 0.215 e. The first-order valence-corrected chi connectivity index (χ1v) is 13.9. The van der Waals surface area contributed by atoms with Crippen LogP contribution in [0.3, 0.4) is 0 Å². The molecule has 10 nitrogen and oxygen atoms in total.